The summed E-state index contributed by atoms with van der Waals surface area (Å²) in [5, 5.41) is 46.1. The van der Waals surface area contributed by atoms with Crippen molar-refractivity contribution in [2.45, 2.75) is 19.6 Å². The number of phenolic OH excluding ortho intramolecular Hbond substituents is 2. The van der Waals surface area contributed by atoms with Crippen LogP contribution < -0.4 is 10.5 Å². The van der Waals surface area contributed by atoms with E-state index in [1.54, 1.807) is 0 Å². The van der Waals surface area contributed by atoms with Gasteiger partial charge in [-0.15, -0.1) is 25.6 Å². The van der Waals surface area contributed by atoms with E-state index in [2.05, 4.69) is 30.7 Å². The number of hydrogen-bond acceptors (Lipinski definition) is 20. The van der Waals surface area contributed by atoms with Crippen molar-refractivity contribution in [1.82, 2.24) is 0 Å². The summed E-state index contributed by atoms with van der Waals surface area (Å²) in [6.45, 7) is 0. The van der Waals surface area contributed by atoms with Crippen molar-refractivity contribution in [3.05, 3.63) is 84.9 Å². The predicted molar refractivity (Wildman–Crippen MR) is 215 cm³/mol. The average molecular weight is 955 g/mol. The van der Waals surface area contributed by atoms with Crippen LogP contribution in [0.5, 0.6) is 17.2 Å². The summed E-state index contributed by atoms with van der Waals surface area (Å²) >= 11 is 0. The van der Waals surface area contributed by atoms with E-state index in [1.165, 1.54) is 49.6 Å². The molecule has 0 atom stereocenters. The van der Waals surface area contributed by atoms with Crippen LogP contribution in [0.2, 0.25) is 0 Å². The Bertz CT molecular complexity index is 3000. The van der Waals surface area contributed by atoms with Crippen LogP contribution in [-0.2, 0) is 37.3 Å². The average Bonchev–Trinajstić information content (AvgIpc) is 3.14. The number of fused-ring (bicyclic) bond motifs is 2. The number of benzene rings is 6. The number of methoxy groups -OCH3 is 1. The number of ether oxygens (including phenoxy) is 1. The zero-order chi connectivity index (χ0) is 43.2. The molecule has 12 N–H and O–H groups in total. The molecule has 1 radical (unpaired) electrons. The first-order valence-corrected chi connectivity index (χ1v) is 21.7. The van der Waals surface area contributed by atoms with Crippen LogP contribution in [0.4, 0.5) is 39.8 Å². The van der Waals surface area contributed by atoms with Crippen LogP contribution in [0.15, 0.2) is 135 Å². The van der Waals surface area contributed by atoms with Crippen LogP contribution in [0.25, 0.3) is 21.5 Å². The third-order valence-electron chi connectivity index (χ3n) is 8.22. The Kier molecular flexibility index (Phi) is 12.9. The van der Waals surface area contributed by atoms with E-state index in [1.807, 2.05) is 0 Å². The molecular formula is C33H29CuN7O15S4. The molecule has 0 bridgehead atoms. The summed E-state index contributed by atoms with van der Waals surface area (Å²) in [6.07, 6.45) is 0. The Morgan fingerprint density at radius 2 is 1.10 bits per heavy atom. The fraction of sp³-hybridized carbons (Fsp3) is 0.0303. The Labute approximate surface area is 352 Å². The van der Waals surface area contributed by atoms with Crippen LogP contribution >= 0.6 is 21.7 Å². The molecular weight excluding hydrogens is 926 g/mol. The van der Waals surface area contributed by atoms with Gasteiger partial charge in [-0.25, -0.2) is 0 Å². The number of hydrogen-bond donors (Lipinski definition) is 11. The Hall–Kier alpha value is -5.36. The number of phenols is 2. The summed E-state index contributed by atoms with van der Waals surface area (Å²) in [5.74, 6) is -1.55. The van der Waals surface area contributed by atoms with Gasteiger partial charge in [0.15, 0.2) is 5.75 Å². The van der Waals surface area contributed by atoms with E-state index >= 15 is 0 Å². The molecule has 0 amide bonds. The fourth-order valence-corrected chi connectivity index (χ4v) is 7.76. The van der Waals surface area contributed by atoms with Crippen molar-refractivity contribution in [1.29, 1.82) is 0 Å². The predicted octanol–water partition coefficient (Wildman–Crippen LogP) is 9.90. The van der Waals surface area contributed by atoms with Crippen molar-refractivity contribution in [2.24, 2.45) is 30.7 Å². The number of aromatic hydroxyl groups is 2. The molecule has 0 aromatic heterocycles. The number of anilines is 1. The van der Waals surface area contributed by atoms with Gasteiger partial charge in [-0.3, -0.25) is 9.11 Å². The van der Waals surface area contributed by atoms with Gasteiger partial charge < -0.3 is 48.0 Å². The molecule has 0 aliphatic heterocycles. The molecule has 0 heterocycles. The van der Waals surface area contributed by atoms with Crippen molar-refractivity contribution in [3.63, 3.8) is 0 Å². The maximum Gasteiger partial charge on any atom is 0.296 e. The first-order valence-electron chi connectivity index (χ1n) is 15.8. The molecule has 0 aliphatic rings. The van der Waals surface area contributed by atoms with Crippen LogP contribution in [0.3, 0.4) is 0 Å². The monoisotopic (exact) mass is 954 g/mol. The van der Waals surface area contributed by atoms with Crippen molar-refractivity contribution >= 4 is 103 Å². The normalized spacial score (nSPS) is 13.4. The number of nitrogens with zero attached hydrogens (tertiary/aromatic N) is 6. The van der Waals surface area contributed by atoms with E-state index in [0.717, 1.165) is 42.5 Å². The smallest absolute Gasteiger partial charge is 0.296 e. The Morgan fingerprint density at radius 1 is 0.533 bits per heavy atom. The van der Waals surface area contributed by atoms with E-state index in [-0.39, 0.29) is 72.3 Å². The standard InChI is InChI=1S/C33H29N7O15S4.Cu/c1-55-29-15-26(38-40-32-31(59(52,53)54)11-16-10-30(58(49,50)51)23(34)13-21(16)33(32)42)28(41)14-27(29)39-37-25-9-8-24(20-7-6-19(12-22(20)25)57(46,47)48)36-35-17-2-4-18(5-3-17)56(43,44)45;/h2-15,41-45,52-54H,34H2,1H3,(H,46,47,48)(H,49,50,51);. The third-order valence-corrected chi connectivity index (χ3v) is 11.8. The maximum atomic E-state index is 12.0. The molecule has 6 aromatic carbocycles. The molecule has 27 heteroatoms. The zero-order valence-corrected chi connectivity index (χ0v) is 34.0. The number of azo groups is 3. The van der Waals surface area contributed by atoms with Gasteiger partial charge in [-0.2, -0.15) is 21.9 Å². The first kappa shape index (κ1) is 45.7. The SMILES string of the molecule is COc1cc(N=Nc2c(S(O)(O)O)cc3cc(S(=O)(=O)O)c(N)cc3c2O)c(O)cc1N=Nc1ccc(N=Nc2ccc(S(O)(O)O)cc2)c2ccc(S(=O)(=O)O)cc12.[Cu]. The summed E-state index contributed by atoms with van der Waals surface area (Å²) < 4.78 is 131. The van der Waals surface area contributed by atoms with Crippen LogP contribution in [0.1, 0.15) is 0 Å². The molecule has 0 aliphatic carbocycles. The fourth-order valence-electron chi connectivity index (χ4n) is 5.44. The van der Waals surface area contributed by atoms with Crippen molar-refractivity contribution < 1.29 is 85.3 Å². The minimum Gasteiger partial charge on any atom is -0.506 e. The van der Waals surface area contributed by atoms with Gasteiger partial charge in [-0.05, 0) is 72.1 Å². The number of nitrogens with two attached hydrogens (primary N) is 1. The number of nitrogen functional groups attached to an aromatic ring is 1. The minimum atomic E-state index is -4.85. The van der Waals surface area contributed by atoms with E-state index in [9.17, 15) is 63.5 Å². The maximum absolute atomic E-state index is 12.0. The molecule has 0 spiro atoms. The molecule has 0 fully saturated rings. The van der Waals surface area contributed by atoms with Gasteiger partial charge in [-0.1, -0.05) is 6.07 Å². The zero-order valence-electron chi connectivity index (χ0n) is 29.8. The van der Waals surface area contributed by atoms with Gasteiger partial charge in [0.05, 0.1) is 44.5 Å². The second kappa shape index (κ2) is 17.0. The molecule has 0 saturated heterocycles. The largest absolute Gasteiger partial charge is 0.506 e. The van der Waals surface area contributed by atoms with E-state index in [4.69, 9.17) is 10.5 Å². The molecule has 0 unspecified atom stereocenters. The van der Waals surface area contributed by atoms with Crippen molar-refractivity contribution in [2.75, 3.05) is 12.8 Å². The summed E-state index contributed by atoms with van der Waals surface area (Å²) in [4.78, 5) is -2.22. The molecule has 321 valence electrons. The van der Waals surface area contributed by atoms with Crippen LogP contribution in [-0.4, -0.2) is 70.6 Å². The van der Waals surface area contributed by atoms with Gasteiger partial charge in [0.1, 0.15) is 55.2 Å². The van der Waals surface area contributed by atoms with Gasteiger partial charge in [0.25, 0.3) is 20.2 Å². The Morgan fingerprint density at radius 3 is 1.68 bits per heavy atom. The minimum absolute atomic E-state index is 0. The third kappa shape index (κ3) is 9.81. The van der Waals surface area contributed by atoms with Crippen molar-refractivity contribution in [3.8, 4) is 17.2 Å². The quantitative estimate of drug-likeness (QED) is 0.0249. The van der Waals surface area contributed by atoms with Gasteiger partial charge >= 0.3 is 0 Å². The van der Waals surface area contributed by atoms with Gasteiger partial charge in [0, 0.05) is 45.4 Å². The molecule has 6 aromatic rings. The summed E-state index contributed by atoms with van der Waals surface area (Å²) in [5.41, 5.74) is 4.56. The molecule has 22 nitrogen and oxygen atoms in total. The van der Waals surface area contributed by atoms with E-state index in [0.29, 0.717) is 5.39 Å². The Balaban J connectivity index is 0.00000683. The van der Waals surface area contributed by atoms with Crippen LogP contribution in [0, 0.1) is 0 Å². The second-order valence-corrected chi connectivity index (χ2v) is 17.9. The molecule has 0 saturated carbocycles. The molecule has 60 heavy (non-hydrogen) atoms. The molecule has 6 rings (SSSR count). The first-order chi connectivity index (χ1) is 27.4. The van der Waals surface area contributed by atoms with Gasteiger partial charge in [0.2, 0.25) is 0 Å². The summed E-state index contributed by atoms with van der Waals surface area (Å²) in [6, 6.07) is 16.4. The topological polar surface area (TPSA) is 380 Å². The number of rotatable bonds is 11. The second-order valence-electron chi connectivity index (χ2n) is 12.1. The summed E-state index contributed by atoms with van der Waals surface area (Å²) in [7, 11) is -16.9. The van der Waals surface area contributed by atoms with E-state index < -0.39 is 79.5 Å².